The first-order valence-corrected chi connectivity index (χ1v) is 8.55. The Bertz CT molecular complexity index is 632. The number of carbonyl (C=O) groups is 1. The van der Waals surface area contributed by atoms with E-state index < -0.39 is 5.97 Å². The summed E-state index contributed by atoms with van der Waals surface area (Å²) in [5, 5.41) is 10.4. The van der Waals surface area contributed by atoms with E-state index in [-0.39, 0.29) is 5.75 Å². The van der Waals surface area contributed by atoms with E-state index in [0.717, 1.165) is 12.2 Å². The van der Waals surface area contributed by atoms with Crippen molar-refractivity contribution in [3.63, 3.8) is 0 Å². The highest BCUT2D eigenvalue weighted by molar-refractivity contribution is 7.99. The van der Waals surface area contributed by atoms with Crippen LogP contribution in [0.2, 0.25) is 5.02 Å². The zero-order valence-electron chi connectivity index (χ0n) is 11.0. The molecule has 0 fully saturated rings. The van der Waals surface area contributed by atoms with Crippen molar-refractivity contribution >= 4 is 52.3 Å². The van der Waals surface area contributed by atoms with Gasteiger partial charge in [0.2, 0.25) is 0 Å². The minimum absolute atomic E-state index is 0.0231. The largest absolute Gasteiger partial charge is 0.481 e. The van der Waals surface area contributed by atoms with Crippen molar-refractivity contribution in [2.24, 2.45) is 0 Å². The molecule has 0 saturated carbocycles. The van der Waals surface area contributed by atoms with Crippen molar-refractivity contribution < 1.29 is 9.90 Å². The molecule has 0 bridgehead atoms. The molecule has 5 nitrogen and oxygen atoms in total. The number of halogens is 1. The second-order valence-corrected chi connectivity index (χ2v) is 6.89. The van der Waals surface area contributed by atoms with Crippen LogP contribution < -0.4 is 0 Å². The first-order valence-electron chi connectivity index (χ1n) is 5.90. The molecule has 20 heavy (non-hydrogen) atoms. The number of carboxylic acids is 1. The molecule has 108 valence electrons. The smallest absolute Gasteiger partial charge is 0.313 e. The van der Waals surface area contributed by atoms with Crippen LogP contribution in [0.5, 0.6) is 0 Å². The number of nitrogens with zero attached hydrogens (tertiary/aromatic N) is 3. The van der Waals surface area contributed by atoms with Crippen LogP contribution in [0.3, 0.4) is 0 Å². The van der Waals surface area contributed by atoms with Gasteiger partial charge in [-0.15, -0.1) is 0 Å². The van der Waals surface area contributed by atoms with Crippen LogP contribution in [0.4, 0.5) is 0 Å². The van der Waals surface area contributed by atoms with Gasteiger partial charge in [-0.1, -0.05) is 30.3 Å². The van der Waals surface area contributed by atoms with E-state index in [1.54, 1.807) is 24.0 Å². The van der Waals surface area contributed by atoms with Gasteiger partial charge in [-0.3, -0.25) is 4.79 Å². The third-order valence-electron chi connectivity index (χ3n) is 2.68. The molecule has 8 heteroatoms. The Morgan fingerprint density at radius 1 is 1.60 bits per heavy atom. The molecule has 0 spiro atoms. The second kappa shape index (κ2) is 6.69. The number of carboxylic acid groups (broad SMARTS) is 1. The minimum Gasteiger partial charge on any atom is -0.481 e. The van der Waals surface area contributed by atoms with Gasteiger partial charge in [0.1, 0.15) is 5.52 Å². The lowest BCUT2D eigenvalue weighted by Crippen LogP contribution is -2.11. The number of aliphatic carboxylic acids is 1. The summed E-state index contributed by atoms with van der Waals surface area (Å²) in [6, 6.07) is 1.75. The van der Waals surface area contributed by atoms with E-state index in [1.165, 1.54) is 11.8 Å². The normalized spacial score (nSPS) is 12.8. The number of hydrogen-bond acceptors (Lipinski definition) is 5. The van der Waals surface area contributed by atoms with E-state index in [9.17, 15) is 4.79 Å². The maximum Gasteiger partial charge on any atom is 0.313 e. The summed E-state index contributed by atoms with van der Waals surface area (Å²) in [5.74, 6) is -0.887. The quantitative estimate of drug-likeness (QED) is 0.821. The Kier molecular flexibility index (Phi) is 5.17. The molecule has 1 unspecified atom stereocenters. The zero-order chi connectivity index (χ0) is 14.7. The van der Waals surface area contributed by atoms with Crippen LogP contribution in [0.1, 0.15) is 6.92 Å². The predicted molar refractivity (Wildman–Crippen MR) is 83.9 cm³/mol. The molecular formula is C12H14ClN3O2S2. The zero-order valence-corrected chi connectivity index (χ0v) is 13.4. The summed E-state index contributed by atoms with van der Waals surface area (Å²) in [4.78, 5) is 19.5. The van der Waals surface area contributed by atoms with Crippen LogP contribution in [0.15, 0.2) is 17.4 Å². The van der Waals surface area contributed by atoms with Gasteiger partial charge in [-0.05, 0) is 12.3 Å². The van der Waals surface area contributed by atoms with Gasteiger partial charge in [-0.25, -0.2) is 9.97 Å². The number of fused-ring (bicyclic) bond motifs is 1. The fourth-order valence-electron chi connectivity index (χ4n) is 1.70. The highest BCUT2D eigenvalue weighted by Gasteiger charge is 2.16. The molecule has 0 aliphatic carbocycles. The van der Waals surface area contributed by atoms with Crippen molar-refractivity contribution in [2.45, 2.75) is 23.9 Å². The van der Waals surface area contributed by atoms with E-state index >= 15 is 0 Å². The fraction of sp³-hybridized carbons (Fsp3) is 0.417. The summed E-state index contributed by atoms with van der Waals surface area (Å²) < 4.78 is 1.96. The lowest BCUT2D eigenvalue weighted by molar-refractivity contribution is -0.133. The van der Waals surface area contributed by atoms with E-state index in [4.69, 9.17) is 16.7 Å². The van der Waals surface area contributed by atoms with Crippen molar-refractivity contribution in [1.29, 1.82) is 0 Å². The van der Waals surface area contributed by atoms with Crippen molar-refractivity contribution in [2.75, 3.05) is 12.0 Å². The minimum atomic E-state index is -0.863. The average molecular weight is 332 g/mol. The van der Waals surface area contributed by atoms with Gasteiger partial charge < -0.3 is 9.67 Å². The molecule has 2 rings (SSSR count). The molecule has 0 aromatic carbocycles. The third-order valence-corrected chi connectivity index (χ3v) is 4.81. The topological polar surface area (TPSA) is 68.0 Å². The number of thioether (sulfide) groups is 2. The van der Waals surface area contributed by atoms with Crippen molar-refractivity contribution in [3.8, 4) is 0 Å². The molecule has 2 aromatic rings. The van der Waals surface area contributed by atoms with Gasteiger partial charge >= 0.3 is 5.97 Å². The second-order valence-electron chi connectivity index (χ2n) is 4.23. The molecule has 0 aliphatic rings. The first kappa shape index (κ1) is 15.5. The van der Waals surface area contributed by atoms with Crippen molar-refractivity contribution in [1.82, 2.24) is 14.5 Å². The fourth-order valence-corrected chi connectivity index (χ4v) is 2.88. The van der Waals surface area contributed by atoms with Crippen LogP contribution in [-0.4, -0.2) is 42.9 Å². The maximum atomic E-state index is 10.7. The SMILES string of the molecule is CSC(C)Cn1c(SCC(=O)O)nc2cc(Cl)cnc21. The van der Waals surface area contributed by atoms with Gasteiger partial charge in [0.15, 0.2) is 10.8 Å². The van der Waals surface area contributed by atoms with Gasteiger partial charge in [0.05, 0.1) is 10.8 Å². The Hall–Kier alpha value is -0.920. The standard InChI is InChI=1S/C12H14ClN3O2S2/c1-7(19-2)5-16-11-9(3-8(13)4-14-11)15-12(16)20-6-10(17)18/h3-4,7H,5-6H2,1-2H3,(H,17,18). The summed E-state index contributed by atoms with van der Waals surface area (Å²) in [6.07, 6.45) is 3.62. The summed E-state index contributed by atoms with van der Waals surface area (Å²) in [7, 11) is 0. The Morgan fingerprint density at radius 3 is 3.00 bits per heavy atom. The number of rotatable bonds is 6. The lowest BCUT2D eigenvalue weighted by Gasteiger charge is -2.12. The van der Waals surface area contributed by atoms with Gasteiger partial charge in [0.25, 0.3) is 0 Å². The molecule has 1 N–H and O–H groups in total. The lowest BCUT2D eigenvalue weighted by atomic mass is 10.4. The molecular weight excluding hydrogens is 318 g/mol. The van der Waals surface area contributed by atoms with Gasteiger partial charge in [0, 0.05) is 18.0 Å². The Labute approximate surface area is 130 Å². The molecule has 0 saturated heterocycles. The monoisotopic (exact) mass is 331 g/mol. The number of imidazole rings is 1. The van der Waals surface area contributed by atoms with E-state index in [0.29, 0.717) is 20.9 Å². The highest BCUT2D eigenvalue weighted by atomic mass is 35.5. The number of hydrogen-bond donors (Lipinski definition) is 1. The molecule has 2 heterocycles. The van der Waals surface area contributed by atoms with E-state index in [2.05, 4.69) is 16.9 Å². The summed E-state index contributed by atoms with van der Waals surface area (Å²) in [5.41, 5.74) is 1.43. The van der Waals surface area contributed by atoms with Crippen LogP contribution in [0.25, 0.3) is 11.2 Å². The predicted octanol–water partition coefficient (Wildman–Crippen LogP) is 3.01. The number of aromatic nitrogens is 3. The number of pyridine rings is 1. The molecule has 0 aliphatic heterocycles. The Balaban J connectivity index is 2.41. The molecule has 0 radical (unpaired) electrons. The third kappa shape index (κ3) is 3.59. The van der Waals surface area contributed by atoms with Crippen LogP contribution in [0, 0.1) is 0 Å². The molecule has 0 amide bonds. The maximum absolute atomic E-state index is 10.7. The van der Waals surface area contributed by atoms with Crippen molar-refractivity contribution in [3.05, 3.63) is 17.3 Å². The summed E-state index contributed by atoms with van der Waals surface area (Å²) >= 11 is 8.86. The van der Waals surface area contributed by atoms with Crippen LogP contribution >= 0.6 is 35.1 Å². The first-order chi connectivity index (χ1) is 9.51. The Morgan fingerprint density at radius 2 is 2.35 bits per heavy atom. The van der Waals surface area contributed by atoms with E-state index in [1.807, 2.05) is 10.8 Å². The molecule has 1 atom stereocenters. The van der Waals surface area contributed by atoms with Gasteiger partial charge in [-0.2, -0.15) is 11.8 Å². The molecule has 2 aromatic heterocycles. The van der Waals surface area contributed by atoms with Crippen LogP contribution in [-0.2, 0) is 11.3 Å². The highest BCUT2D eigenvalue weighted by Crippen LogP contribution is 2.26. The summed E-state index contributed by atoms with van der Waals surface area (Å²) in [6.45, 7) is 2.84. The average Bonchev–Trinajstić information content (AvgIpc) is 2.73.